The molecule has 1 aromatic rings. The average molecular weight is 268 g/mol. The molecule has 19 heavy (non-hydrogen) atoms. The van der Waals surface area contributed by atoms with E-state index in [4.69, 9.17) is 7.85 Å². The Morgan fingerprint density at radius 1 is 0.842 bits per heavy atom. The van der Waals surface area contributed by atoms with Crippen LogP contribution in [-0.4, -0.2) is 15.9 Å². The summed E-state index contributed by atoms with van der Waals surface area (Å²) in [7, 11) is 4.10. The Bertz CT molecular complexity index is 439. The Morgan fingerprint density at radius 2 is 1.26 bits per heavy atom. The number of hydrogen-bond donors (Lipinski definition) is 0. The summed E-state index contributed by atoms with van der Waals surface area (Å²) in [5.41, 5.74) is 7.61. The fourth-order valence-corrected chi connectivity index (χ4v) is 8.41. The van der Waals surface area contributed by atoms with Crippen LogP contribution in [0.4, 0.5) is 0 Å². The van der Waals surface area contributed by atoms with Crippen LogP contribution in [0.3, 0.4) is 0 Å². The standard InChI is InChI=1S/C17H25BSi/c1-13(2)19(14(3)4,15(5)6)12-11-16-7-9-17(18)10-8-16/h7-10,13-15H,1-6H3. The highest BCUT2D eigenvalue weighted by molar-refractivity contribution is 6.90. The molecule has 0 saturated heterocycles. The molecule has 0 aromatic heterocycles. The monoisotopic (exact) mass is 268 g/mol. The molecule has 1 rings (SSSR count). The molecule has 1 aromatic carbocycles. The van der Waals surface area contributed by atoms with Crippen LogP contribution in [0.25, 0.3) is 0 Å². The largest absolute Gasteiger partial charge is 0.146 e. The SMILES string of the molecule is [B]c1ccc(C#C[Si](C(C)C)(C(C)C)C(C)C)cc1. The summed E-state index contributed by atoms with van der Waals surface area (Å²) in [5.74, 6) is 3.41. The van der Waals surface area contributed by atoms with Crippen LogP contribution in [-0.2, 0) is 0 Å². The molecule has 0 nitrogen and oxygen atoms in total. The normalized spacial score (nSPS) is 11.8. The average Bonchev–Trinajstić information content (AvgIpc) is 2.30. The summed E-state index contributed by atoms with van der Waals surface area (Å²) in [6.45, 7) is 14.0. The van der Waals surface area contributed by atoms with Gasteiger partial charge in [0, 0.05) is 5.56 Å². The van der Waals surface area contributed by atoms with Crippen molar-refractivity contribution in [3.8, 4) is 11.5 Å². The minimum atomic E-state index is -1.62. The van der Waals surface area contributed by atoms with Crippen molar-refractivity contribution in [3.05, 3.63) is 29.8 Å². The van der Waals surface area contributed by atoms with Crippen LogP contribution < -0.4 is 5.46 Å². The van der Waals surface area contributed by atoms with Gasteiger partial charge in [0.15, 0.2) is 0 Å². The second kappa shape index (κ2) is 6.48. The first-order valence-electron chi connectivity index (χ1n) is 7.19. The quantitative estimate of drug-likeness (QED) is 0.573. The van der Waals surface area contributed by atoms with E-state index < -0.39 is 8.07 Å². The minimum absolute atomic E-state index is 0.675. The number of rotatable bonds is 3. The molecule has 2 heteroatoms. The molecular formula is C17H25BSi. The number of benzene rings is 1. The summed E-state index contributed by atoms with van der Waals surface area (Å²) >= 11 is 0. The summed E-state index contributed by atoms with van der Waals surface area (Å²) in [6, 6.07) is 7.88. The van der Waals surface area contributed by atoms with Crippen LogP contribution in [0, 0.1) is 11.5 Å². The highest BCUT2D eigenvalue weighted by Gasteiger charge is 2.41. The van der Waals surface area contributed by atoms with E-state index in [1.807, 2.05) is 24.3 Å². The molecule has 0 heterocycles. The first kappa shape index (κ1) is 16.1. The Hall–Kier alpha value is -0.938. The van der Waals surface area contributed by atoms with Crippen molar-refractivity contribution in [2.45, 2.75) is 58.2 Å². The molecule has 0 unspecified atom stereocenters. The lowest BCUT2D eigenvalue weighted by Gasteiger charge is -2.38. The van der Waals surface area contributed by atoms with E-state index >= 15 is 0 Å². The van der Waals surface area contributed by atoms with Gasteiger partial charge in [-0.15, -0.1) is 5.54 Å². The van der Waals surface area contributed by atoms with Crippen molar-refractivity contribution in [3.63, 3.8) is 0 Å². The van der Waals surface area contributed by atoms with E-state index in [1.54, 1.807) is 0 Å². The molecule has 0 N–H and O–H groups in total. The number of hydrogen-bond acceptors (Lipinski definition) is 0. The lowest BCUT2D eigenvalue weighted by atomic mass is 9.95. The molecule has 0 amide bonds. The van der Waals surface area contributed by atoms with E-state index in [1.165, 1.54) is 0 Å². The lowest BCUT2D eigenvalue weighted by molar-refractivity contribution is 0.838. The van der Waals surface area contributed by atoms with Gasteiger partial charge in [0.1, 0.15) is 15.9 Å². The Morgan fingerprint density at radius 3 is 1.63 bits per heavy atom. The maximum atomic E-state index is 5.71. The van der Waals surface area contributed by atoms with Crippen molar-refractivity contribution in [1.29, 1.82) is 0 Å². The molecule has 0 bridgehead atoms. The molecule has 100 valence electrons. The van der Waals surface area contributed by atoms with Gasteiger partial charge in [-0.2, -0.15) is 0 Å². The Labute approximate surface area is 121 Å². The van der Waals surface area contributed by atoms with Crippen LogP contribution in [0.2, 0.25) is 16.6 Å². The van der Waals surface area contributed by atoms with Crippen molar-refractivity contribution in [1.82, 2.24) is 0 Å². The van der Waals surface area contributed by atoms with Gasteiger partial charge in [-0.1, -0.05) is 65.1 Å². The van der Waals surface area contributed by atoms with Gasteiger partial charge in [0.25, 0.3) is 0 Å². The van der Waals surface area contributed by atoms with E-state index in [9.17, 15) is 0 Å². The third-order valence-corrected chi connectivity index (χ3v) is 10.5. The molecule has 0 aliphatic carbocycles. The Balaban J connectivity index is 3.19. The Kier molecular flexibility index (Phi) is 5.50. The first-order chi connectivity index (χ1) is 8.80. The summed E-state index contributed by atoms with van der Waals surface area (Å²) in [5, 5.41) is 0. The van der Waals surface area contributed by atoms with Gasteiger partial charge in [-0.25, -0.2) is 0 Å². The highest BCUT2D eigenvalue weighted by atomic mass is 28.3. The molecule has 0 aliphatic rings. The van der Waals surface area contributed by atoms with Crippen LogP contribution in [0.15, 0.2) is 24.3 Å². The third kappa shape index (κ3) is 3.54. The van der Waals surface area contributed by atoms with Gasteiger partial charge in [0.2, 0.25) is 0 Å². The summed E-state index contributed by atoms with van der Waals surface area (Å²) in [6.07, 6.45) is 0. The van der Waals surface area contributed by atoms with Crippen LogP contribution >= 0.6 is 0 Å². The maximum Gasteiger partial charge on any atom is 0.146 e. The fraction of sp³-hybridized carbons (Fsp3) is 0.529. The smallest absolute Gasteiger partial charge is 0.125 e. The second-order valence-corrected chi connectivity index (χ2v) is 11.8. The maximum absolute atomic E-state index is 5.71. The molecule has 0 fully saturated rings. The van der Waals surface area contributed by atoms with E-state index in [2.05, 4.69) is 53.0 Å². The van der Waals surface area contributed by atoms with Crippen LogP contribution in [0.1, 0.15) is 47.1 Å². The topological polar surface area (TPSA) is 0 Å². The third-order valence-electron chi connectivity index (χ3n) is 4.20. The molecule has 0 saturated carbocycles. The fourth-order valence-electron chi connectivity index (χ4n) is 3.18. The second-order valence-electron chi connectivity index (χ2n) is 6.27. The first-order valence-corrected chi connectivity index (χ1v) is 9.42. The van der Waals surface area contributed by atoms with Gasteiger partial charge >= 0.3 is 0 Å². The van der Waals surface area contributed by atoms with Crippen molar-refractivity contribution >= 4 is 21.4 Å². The predicted molar refractivity (Wildman–Crippen MR) is 89.8 cm³/mol. The molecule has 0 spiro atoms. The highest BCUT2D eigenvalue weighted by Crippen LogP contribution is 2.40. The zero-order valence-electron chi connectivity index (χ0n) is 13.1. The zero-order chi connectivity index (χ0) is 14.6. The van der Waals surface area contributed by atoms with Gasteiger partial charge < -0.3 is 0 Å². The van der Waals surface area contributed by atoms with Crippen LogP contribution in [0.5, 0.6) is 0 Å². The van der Waals surface area contributed by atoms with Crippen molar-refractivity contribution in [2.24, 2.45) is 0 Å². The van der Waals surface area contributed by atoms with Gasteiger partial charge in [-0.3, -0.25) is 0 Å². The summed E-state index contributed by atoms with van der Waals surface area (Å²) < 4.78 is 0. The molecular weight excluding hydrogens is 243 g/mol. The van der Waals surface area contributed by atoms with Crippen molar-refractivity contribution in [2.75, 3.05) is 0 Å². The molecule has 0 atom stereocenters. The van der Waals surface area contributed by atoms with Gasteiger partial charge in [0.05, 0.1) is 0 Å². The van der Waals surface area contributed by atoms with E-state index in [-0.39, 0.29) is 0 Å². The zero-order valence-corrected chi connectivity index (χ0v) is 14.1. The summed E-state index contributed by atoms with van der Waals surface area (Å²) in [4.78, 5) is 0. The molecule has 2 radical (unpaired) electrons. The predicted octanol–water partition coefficient (Wildman–Crippen LogP) is 4.05. The molecule has 0 aliphatic heterocycles. The minimum Gasteiger partial charge on any atom is -0.125 e. The van der Waals surface area contributed by atoms with E-state index in [0.717, 1.165) is 11.0 Å². The lowest BCUT2D eigenvalue weighted by Crippen LogP contribution is -2.43. The van der Waals surface area contributed by atoms with E-state index in [0.29, 0.717) is 16.6 Å². The van der Waals surface area contributed by atoms with Crippen molar-refractivity contribution < 1.29 is 0 Å². The van der Waals surface area contributed by atoms with Gasteiger partial charge in [-0.05, 0) is 28.8 Å².